The van der Waals surface area contributed by atoms with Crippen LogP contribution in [-0.2, 0) is 18.0 Å². The third-order valence-electron chi connectivity index (χ3n) is 8.12. The zero-order valence-electron chi connectivity index (χ0n) is 22.8. The van der Waals surface area contributed by atoms with E-state index in [4.69, 9.17) is 4.74 Å². The summed E-state index contributed by atoms with van der Waals surface area (Å²) in [5.41, 5.74) is 1.26. The Hall–Kier alpha value is -3.99. The molecule has 0 aliphatic carbocycles. The van der Waals surface area contributed by atoms with Gasteiger partial charge in [0.25, 0.3) is 0 Å². The predicted molar refractivity (Wildman–Crippen MR) is 151 cm³/mol. The van der Waals surface area contributed by atoms with E-state index in [0.29, 0.717) is 41.0 Å². The maximum absolute atomic E-state index is 16.6. The largest absolute Gasteiger partial charge is 0.465 e. The molecule has 0 bridgehead atoms. The Balaban J connectivity index is 1.54. The van der Waals surface area contributed by atoms with Gasteiger partial charge in [0.2, 0.25) is 5.95 Å². The molecule has 3 aromatic heterocycles. The lowest BCUT2D eigenvalue weighted by atomic mass is 9.94. The Morgan fingerprint density at radius 1 is 1.27 bits per heavy atom. The SMILES string of the molecule is CC(C)N(C)[C@H]1CN(c2ncc3c4c(c(-c5ncc(F)c6sc(NC(=O)O)c(C#N)c56)c(F)c3n2)COC4)C[C@@H]1C. The minimum Gasteiger partial charge on any atom is -0.465 e. The van der Waals surface area contributed by atoms with Gasteiger partial charge < -0.3 is 14.7 Å². The molecule has 1 fully saturated rings. The lowest BCUT2D eigenvalue weighted by molar-refractivity contribution is 0.135. The number of nitrogens with one attached hydrogen (secondary N) is 1. The minimum atomic E-state index is -1.41. The first-order valence-corrected chi connectivity index (χ1v) is 14.0. The number of fused-ring (bicyclic) bond motifs is 4. The molecule has 0 saturated carbocycles. The number of aromatic nitrogens is 3. The van der Waals surface area contributed by atoms with Crippen LogP contribution in [0.15, 0.2) is 12.4 Å². The fourth-order valence-electron chi connectivity index (χ4n) is 5.88. The van der Waals surface area contributed by atoms with Crippen LogP contribution in [0.2, 0.25) is 0 Å². The second-order valence-electron chi connectivity index (χ2n) is 10.8. The molecule has 212 valence electrons. The van der Waals surface area contributed by atoms with Crippen LogP contribution < -0.4 is 10.2 Å². The maximum atomic E-state index is 16.6. The molecule has 2 N–H and O–H groups in total. The number of carbonyl (C=O) groups is 1. The van der Waals surface area contributed by atoms with Gasteiger partial charge in [-0.1, -0.05) is 6.92 Å². The van der Waals surface area contributed by atoms with E-state index in [0.717, 1.165) is 24.1 Å². The summed E-state index contributed by atoms with van der Waals surface area (Å²) < 4.78 is 37.2. The van der Waals surface area contributed by atoms with E-state index < -0.39 is 17.7 Å². The molecule has 2 aliphatic heterocycles. The van der Waals surface area contributed by atoms with Crippen molar-refractivity contribution in [3.05, 3.63) is 40.7 Å². The van der Waals surface area contributed by atoms with Crippen molar-refractivity contribution < 1.29 is 23.4 Å². The number of benzene rings is 1. The van der Waals surface area contributed by atoms with Crippen LogP contribution in [0.5, 0.6) is 0 Å². The monoisotopic (exact) mass is 579 g/mol. The molecule has 1 aromatic carbocycles. The summed E-state index contributed by atoms with van der Waals surface area (Å²) in [6, 6.07) is 2.60. The summed E-state index contributed by atoms with van der Waals surface area (Å²) in [6.45, 7) is 8.18. The topological polar surface area (TPSA) is 128 Å². The third kappa shape index (κ3) is 4.34. The second kappa shape index (κ2) is 10.1. The van der Waals surface area contributed by atoms with Gasteiger partial charge in [-0.2, -0.15) is 5.26 Å². The number of nitrogens with zero attached hydrogens (tertiary/aromatic N) is 6. The predicted octanol–water partition coefficient (Wildman–Crippen LogP) is 5.34. The summed E-state index contributed by atoms with van der Waals surface area (Å²) in [5.74, 6) is -0.666. The molecule has 0 spiro atoms. The van der Waals surface area contributed by atoms with Gasteiger partial charge in [0, 0.05) is 47.7 Å². The number of hydrogen-bond acceptors (Lipinski definition) is 9. The standard InChI is InChI=1S/C28H27F2N7O3S/c1-12(2)36(4)19-9-37(8-13(19)3)27-33-6-15-16-10-40-11-17(16)20(22(30)23(15)34-27)24-21-14(5-31)26(35-28(38)39)41-25(21)18(29)7-32-24/h6-7,12-13,19,35H,8-11H2,1-4H3,(H,38,39)/t13-,19-/m0/s1. The highest BCUT2D eigenvalue weighted by atomic mass is 32.1. The molecule has 6 rings (SSSR count). The number of rotatable bonds is 5. The Morgan fingerprint density at radius 3 is 2.73 bits per heavy atom. The number of nitriles is 1. The van der Waals surface area contributed by atoms with Crippen molar-refractivity contribution in [1.82, 2.24) is 19.9 Å². The van der Waals surface area contributed by atoms with Crippen molar-refractivity contribution in [2.24, 2.45) is 5.92 Å². The van der Waals surface area contributed by atoms with Crippen molar-refractivity contribution >= 4 is 49.4 Å². The van der Waals surface area contributed by atoms with Gasteiger partial charge in [0.15, 0.2) is 11.6 Å². The summed E-state index contributed by atoms with van der Waals surface area (Å²) in [4.78, 5) is 29.2. The van der Waals surface area contributed by atoms with Crippen LogP contribution in [0.3, 0.4) is 0 Å². The zero-order chi connectivity index (χ0) is 29.2. The first-order valence-electron chi connectivity index (χ1n) is 13.2. The number of halogens is 2. The molecule has 0 unspecified atom stereocenters. The smallest absolute Gasteiger partial charge is 0.409 e. The average molecular weight is 580 g/mol. The van der Waals surface area contributed by atoms with Gasteiger partial charge >= 0.3 is 6.09 Å². The van der Waals surface area contributed by atoms with E-state index in [1.165, 1.54) is 0 Å². The number of amides is 1. The summed E-state index contributed by atoms with van der Waals surface area (Å²) >= 11 is 0.759. The van der Waals surface area contributed by atoms with Gasteiger partial charge in [-0.25, -0.2) is 23.5 Å². The van der Waals surface area contributed by atoms with Gasteiger partial charge in [-0.05, 0) is 37.9 Å². The summed E-state index contributed by atoms with van der Waals surface area (Å²) in [6.07, 6.45) is 1.17. The van der Waals surface area contributed by atoms with Gasteiger partial charge in [-0.15, -0.1) is 11.3 Å². The fourth-order valence-corrected chi connectivity index (χ4v) is 6.92. The highest BCUT2D eigenvalue weighted by Gasteiger charge is 2.35. The summed E-state index contributed by atoms with van der Waals surface area (Å²) in [5, 5.41) is 21.8. The molecule has 4 aromatic rings. The highest BCUT2D eigenvalue weighted by molar-refractivity contribution is 7.23. The number of anilines is 2. The molecule has 2 aliphatic rings. The van der Waals surface area contributed by atoms with E-state index in [-0.39, 0.29) is 56.7 Å². The van der Waals surface area contributed by atoms with Crippen molar-refractivity contribution in [2.75, 3.05) is 30.4 Å². The van der Waals surface area contributed by atoms with Crippen molar-refractivity contribution in [3.63, 3.8) is 0 Å². The average Bonchev–Trinajstić information content (AvgIpc) is 3.66. The third-order valence-corrected chi connectivity index (χ3v) is 9.23. The van der Waals surface area contributed by atoms with E-state index in [1.54, 1.807) is 6.20 Å². The Kier molecular flexibility index (Phi) is 6.72. The number of ether oxygens (including phenoxy) is 1. The lowest BCUT2D eigenvalue weighted by Crippen LogP contribution is -2.41. The Labute approximate surface area is 238 Å². The van der Waals surface area contributed by atoms with E-state index in [1.807, 2.05) is 6.07 Å². The van der Waals surface area contributed by atoms with Gasteiger partial charge in [-0.3, -0.25) is 15.2 Å². The molecule has 1 amide bonds. The molecule has 5 heterocycles. The van der Waals surface area contributed by atoms with Gasteiger partial charge in [0.05, 0.1) is 35.4 Å². The van der Waals surface area contributed by atoms with Crippen LogP contribution in [0, 0.1) is 28.9 Å². The molecule has 13 heteroatoms. The van der Waals surface area contributed by atoms with Crippen LogP contribution in [0.25, 0.3) is 32.2 Å². The van der Waals surface area contributed by atoms with Crippen LogP contribution in [-0.4, -0.2) is 63.3 Å². The molecule has 10 nitrogen and oxygen atoms in total. The maximum Gasteiger partial charge on any atom is 0.409 e. The van der Waals surface area contributed by atoms with E-state index in [2.05, 4.69) is 57.9 Å². The Morgan fingerprint density at radius 2 is 2.02 bits per heavy atom. The quantitative estimate of drug-likeness (QED) is 0.322. The number of carboxylic acid groups (broad SMARTS) is 1. The molecular formula is C28H27F2N7O3S. The number of thiophene rings is 1. The zero-order valence-corrected chi connectivity index (χ0v) is 23.6. The normalized spacial score (nSPS) is 18.6. The van der Waals surface area contributed by atoms with Crippen LogP contribution >= 0.6 is 11.3 Å². The van der Waals surface area contributed by atoms with Crippen LogP contribution in [0.4, 0.5) is 24.5 Å². The molecule has 1 saturated heterocycles. The van der Waals surface area contributed by atoms with Crippen molar-refractivity contribution in [1.29, 1.82) is 5.26 Å². The first-order chi connectivity index (χ1) is 19.6. The minimum absolute atomic E-state index is 0.00259. The number of likely N-dealkylation sites (N-methyl/N-ethyl adjacent to an activating group) is 1. The molecule has 41 heavy (non-hydrogen) atoms. The first kappa shape index (κ1) is 27.2. The Bertz CT molecular complexity index is 1770. The molecule has 0 radical (unpaired) electrons. The number of hydrogen-bond donors (Lipinski definition) is 2. The summed E-state index contributed by atoms with van der Waals surface area (Å²) in [7, 11) is 2.10. The van der Waals surface area contributed by atoms with Crippen LogP contribution in [0.1, 0.15) is 37.5 Å². The molecular weight excluding hydrogens is 552 g/mol. The highest BCUT2D eigenvalue weighted by Crippen LogP contribution is 2.45. The van der Waals surface area contributed by atoms with Gasteiger partial charge in [0.1, 0.15) is 16.6 Å². The van der Waals surface area contributed by atoms with Crippen molar-refractivity contribution in [3.8, 4) is 17.3 Å². The number of pyridine rings is 1. The van der Waals surface area contributed by atoms with Crippen molar-refractivity contribution in [2.45, 2.75) is 46.1 Å². The fraction of sp³-hybridized carbons (Fsp3) is 0.393. The molecule has 2 atom stereocenters. The van der Waals surface area contributed by atoms with E-state index >= 15 is 4.39 Å². The second-order valence-corrected chi connectivity index (χ2v) is 11.8. The van der Waals surface area contributed by atoms with E-state index in [9.17, 15) is 19.6 Å². The lowest BCUT2D eigenvalue weighted by Gasteiger charge is -2.30.